The molecule has 1 aliphatic heterocycles. The Hall–Kier alpha value is -2.38. The number of amides is 2. The number of rotatable bonds is 5. The summed E-state index contributed by atoms with van der Waals surface area (Å²) in [5.74, 6) is 0.725. The summed E-state index contributed by atoms with van der Waals surface area (Å²) in [5, 5.41) is 6.13. The number of thiophene rings is 1. The largest absolute Gasteiger partial charge is 0.496 e. The quantitative estimate of drug-likeness (QED) is 0.843. The molecule has 0 spiro atoms. The van der Waals surface area contributed by atoms with Gasteiger partial charge in [0, 0.05) is 37.0 Å². The molecular formula is C19H23N3O3S. The molecule has 26 heavy (non-hydrogen) atoms. The molecule has 0 aliphatic carbocycles. The lowest BCUT2D eigenvalue weighted by Crippen LogP contribution is -2.48. The van der Waals surface area contributed by atoms with Crippen LogP contribution in [0, 0.1) is 0 Å². The summed E-state index contributed by atoms with van der Waals surface area (Å²) >= 11 is 1.43. The molecule has 0 bridgehead atoms. The highest BCUT2D eigenvalue weighted by atomic mass is 32.1. The van der Waals surface area contributed by atoms with Gasteiger partial charge in [-0.2, -0.15) is 0 Å². The summed E-state index contributed by atoms with van der Waals surface area (Å²) in [7, 11) is 1.65. The van der Waals surface area contributed by atoms with Gasteiger partial charge in [0.25, 0.3) is 5.91 Å². The van der Waals surface area contributed by atoms with E-state index in [1.807, 2.05) is 41.3 Å². The van der Waals surface area contributed by atoms with Gasteiger partial charge < -0.3 is 20.3 Å². The molecule has 1 atom stereocenters. The fraction of sp³-hybridized carbons (Fsp3) is 0.368. The zero-order valence-electron chi connectivity index (χ0n) is 15.0. The molecule has 0 saturated carbocycles. The summed E-state index contributed by atoms with van der Waals surface area (Å²) < 4.78 is 5.49. The number of carbonyl (C=O) groups excluding carboxylic acids is 2. The Balaban J connectivity index is 1.81. The Kier molecular flexibility index (Phi) is 5.90. The molecule has 1 saturated heterocycles. The predicted molar refractivity (Wildman–Crippen MR) is 101 cm³/mol. The minimum absolute atomic E-state index is 0.0153. The van der Waals surface area contributed by atoms with E-state index < -0.39 is 0 Å². The maximum absolute atomic E-state index is 13.1. The molecule has 2 heterocycles. The average Bonchev–Trinajstić information content (AvgIpc) is 3.15. The van der Waals surface area contributed by atoms with Crippen LogP contribution in [-0.2, 0) is 11.3 Å². The van der Waals surface area contributed by atoms with Gasteiger partial charge in [0.15, 0.2) is 0 Å². The van der Waals surface area contributed by atoms with Crippen molar-refractivity contribution in [2.45, 2.75) is 19.5 Å². The molecule has 138 valence electrons. The van der Waals surface area contributed by atoms with Gasteiger partial charge in [-0.3, -0.25) is 9.59 Å². The van der Waals surface area contributed by atoms with Crippen LogP contribution in [0.25, 0.3) is 0 Å². The van der Waals surface area contributed by atoms with Crippen LogP contribution in [0.3, 0.4) is 0 Å². The number of piperazine rings is 1. The van der Waals surface area contributed by atoms with E-state index in [0.717, 1.165) is 22.7 Å². The van der Waals surface area contributed by atoms with Crippen LogP contribution in [-0.4, -0.2) is 43.5 Å². The van der Waals surface area contributed by atoms with Crippen molar-refractivity contribution < 1.29 is 14.3 Å². The summed E-state index contributed by atoms with van der Waals surface area (Å²) in [6.45, 7) is 4.03. The van der Waals surface area contributed by atoms with Crippen LogP contribution in [0.4, 0.5) is 0 Å². The number of carbonyl (C=O) groups is 2. The fourth-order valence-electron chi connectivity index (χ4n) is 3.11. The van der Waals surface area contributed by atoms with Gasteiger partial charge in [0.05, 0.1) is 24.6 Å². The summed E-state index contributed by atoms with van der Waals surface area (Å²) in [5.41, 5.74) is 1.01. The summed E-state index contributed by atoms with van der Waals surface area (Å²) in [4.78, 5) is 27.7. The van der Waals surface area contributed by atoms with Crippen molar-refractivity contribution in [1.82, 2.24) is 15.5 Å². The molecule has 1 aromatic heterocycles. The molecular weight excluding hydrogens is 350 g/mol. The van der Waals surface area contributed by atoms with E-state index in [0.29, 0.717) is 24.5 Å². The van der Waals surface area contributed by atoms with Crippen molar-refractivity contribution in [3.63, 3.8) is 0 Å². The van der Waals surface area contributed by atoms with E-state index in [9.17, 15) is 9.59 Å². The van der Waals surface area contributed by atoms with Crippen LogP contribution in [0.2, 0.25) is 0 Å². The van der Waals surface area contributed by atoms with Gasteiger partial charge in [0.2, 0.25) is 5.91 Å². The minimum Gasteiger partial charge on any atom is -0.496 e. The molecule has 2 N–H and O–H groups in total. The smallest absolute Gasteiger partial charge is 0.264 e. The molecule has 1 aliphatic rings. The number of methoxy groups -OCH3 is 1. The Bertz CT molecular complexity index is 790. The predicted octanol–water partition coefficient (Wildman–Crippen LogP) is 2.18. The second-order valence-electron chi connectivity index (χ2n) is 6.14. The number of ether oxygens (including phenoxy) is 1. The monoisotopic (exact) mass is 373 g/mol. The van der Waals surface area contributed by atoms with E-state index in [1.54, 1.807) is 7.11 Å². The SMILES string of the molecule is COc1ccccc1C1CNCCN1C(=O)c1ccc(CNC(C)=O)s1. The highest BCUT2D eigenvalue weighted by Crippen LogP contribution is 2.32. The van der Waals surface area contributed by atoms with Crippen LogP contribution in [0.15, 0.2) is 36.4 Å². The fourth-order valence-corrected chi connectivity index (χ4v) is 4.01. The number of nitrogens with zero attached hydrogens (tertiary/aromatic N) is 1. The van der Waals surface area contributed by atoms with Crippen LogP contribution >= 0.6 is 11.3 Å². The van der Waals surface area contributed by atoms with Gasteiger partial charge in [0.1, 0.15) is 5.75 Å². The van der Waals surface area contributed by atoms with E-state index in [2.05, 4.69) is 10.6 Å². The topological polar surface area (TPSA) is 70.7 Å². The number of nitrogens with one attached hydrogen (secondary N) is 2. The minimum atomic E-state index is -0.0791. The first-order valence-corrected chi connectivity index (χ1v) is 9.39. The van der Waals surface area contributed by atoms with Crippen molar-refractivity contribution in [2.24, 2.45) is 0 Å². The van der Waals surface area contributed by atoms with E-state index in [1.165, 1.54) is 18.3 Å². The first kappa shape index (κ1) is 18.4. The maximum atomic E-state index is 13.1. The maximum Gasteiger partial charge on any atom is 0.264 e. The third kappa shape index (κ3) is 4.05. The highest BCUT2D eigenvalue weighted by molar-refractivity contribution is 7.14. The lowest BCUT2D eigenvalue weighted by molar-refractivity contribution is -0.119. The Labute approximate surface area is 157 Å². The Morgan fingerprint density at radius 3 is 2.88 bits per heavy atom. The third-order valence-corrected chi connectivity index (χ3v) is 5.46. The molecule has 2 amide bonds. The Morgan fingerprint density at radius 1 is 1.31 bits per heavy atom. The second kappa shape index (κ2) is 8.33. The number of hydrogen-bond acceptors (Lipinski definition) is 5. The van der Waals surface area contributed by atoms with Crippen molar-refractivity contribution in [2.75, 3.05) is 26.7 Å². The zero-order chi connectivity index (χ0) is 18.5. The number of para-hydroxylation sites is 1. The van der Waals surface area contributed by atoms with Crippen molar-refractivity contribution >= 4 is 23.2 Å². The third-order valence-electron chi connectivity index (χ3n) is 4.39. The standard InChI is InChI=1S/C19H23N3O3S/c1-13(23)21-11-14-7-8-18(26-14)19(24)22-10-9-20-12-16(22)15-5-3-4-6-17(15)25-2/h3-8,16,20H,9-12H2,1-2H3,(H,21,23). The zero-order valence-corrected chi connectivity index (χ0v) is 15.8. The first-order chi connectivity index (χ1) is 12.6. The molecule has 3 rings (SSSR count). The second-order valence-corrected chi connectivity index (χ2v) is 7.30. The van der Waals surface area contributed by atoms with Gasteiger partial charge in [-0.25, -0.2) is 0 Å². The first-order valence-electron chi connectivity index (χ1n) is 8.58. The van der Waals surface area contributed by atoms with Gasteiger partial charge >= 0.3 is 0 Å². The van der Waals surface area contributed by atoms with Crippen molar-refractivity contribution in [3.8, 4) is 5.75 Å². The lowest BCUT2D eigenvalue weighted by Gasteiger charge is -2.36. The Morgan fingerprint density at radius 2 is 2.12 bits per heavy atom. The molecule has 2 aromatic rings. The van der Waals surface area contributed by atoms with E-state index in [4.69, 9.17) is 4.74 Å². The highest BCUT2D eigenvalue weighted by Gasteiger charge is 2.31. The van der Waals surface area contributed by atoms with Gasteiger partial charge in [-0.1, -0.05) is 18.2 Å². The van der Waals surface area contributed by atoms with E-state index in [-0.39, 0.29) is 17.9 Å². The summed E-state index contributed by atoms with van der Waals surface area (Å²) in [6, 6.07) is 11.5. The molecule has 1 unspecified atom stereocenters. The number of hydrogen-bond donors (Lipinski definition) is 2. The van der Waals surface area contributed by atoms with Crippen molar-refractivity contribution in [3.05, 3.63) is 51.7 Å². The van der Waals surface area contributed by atoms with Crippen LogP contribution in [0.1, 0.15) is 33.1 Å². The average molecular weight is 373 g/mol. The molecule has 0 radical (unpaired) electrons. The molecule has 6 nitrogen and oxygen atoms in total. The molecule has 7 heteroatoms. The van der Waals surface area contributed by atoms with Crippen LogP contribution < -0.4 is 15.4 Å². The lowest BCUT2D eigenvalue weighted by atomic mass is 10.0. The van der Waals surface area contributed by atoms with Gasteiger partial charge in [-0.15, -0.1) is 11.3 Å². The summed E-state index contributed by atoms with van der Waals surface area (Å²) in [6.07, 6.45) is 0. The normalized spacial score (nSPS) is 17.0. The van der Waals surface area contributed by atoms with Crippen molar-refractivity contribution in [1.29, 1.82) is 0 Å². The number of benzene rings is 1. The van der Waals surface area contributed by atoms with Crippen LogP contribution in [0.5, 0.6) is 5.75 Å². The van der Waals surface area contributed by atoms with E-state index >= 15 is 0 Å². The molecule has 1 fully saturated rings. The molecule has 1 aromatic carbocycles. The van der Waals surface area contributed by atoms with Gasteiger partial charge in [-0.05, 0) is 18.2 Å².